The van der Waals surface area contributed by atoms with Crippen LogP contribution in [0.1, 0.15) is 18.5 Å². The highest BCUT2D eigenvalue weighted by atomic mass is 16.5. The number of para-hydroxylation sites is 1. The Balaban J connectivity index is 1.40. The average molecular weight is 477 g/mol. The van der Waals surface area contributed by atoms with E-state index in [4.69, 9.17) is 9.47 Å². The van der Waals surface area contributed by atoms with Crippen LogP contribution in [0.3, 0.4) is 0 Å². The van der Waals surface area contributed by atoms with Crippen LogP contribution in [0.15, 0.2) is 65.9 Å². The fraction of sp³-hybridized carbons (Fsp3) is 0.346. The lowest BCUT2D eigenvalue weighted by molar-refractivity contribution is -0.140. The summed E-state index contributed by atoms with van der Waals surface area (Å²) in [7, 11) is 0. The first-order valence-electron chi connectivity index (χ1n) is 11.8. The lowest BCUT2D eigenvalue weighted by atomic mass is 9.95. The normalized spacial score (nSPS) is 20.1. The third-order valence-corrected chi connectivity index (χ3v) is 6.47. The Kier molecular flexibility index (Phi) is 6.41. The molecule has 182 valence electrons. The van der Waals surface area contributed by atoms with Crippen molar-refractivity contribution in [2.24, 2.45) is 0 Å². The third-order valence-electron chi connectivity index (χ3n) is 6.47. The maximum Gasteiger partial charge on any atom is 0.322 e. The van der Waals surface area contributed by atoms with Gasteiger partial charge in [0, 0.05) is 19.6 Å². The Morgan fingerprint density at radius 1 is 1.06 bits per heavy atom. The average Bonchev–Trinajstić information content (AvgIpc) is 3.20. The molecule has 4 amide bonds. The molecule has 9 nitrogen and oxygen atoms in total. The summed E-state index contributed by atoms with van der Waals surface area (Å²) in [5.74, 6) is 0.949. The lowest BCUT2D eigenvalue weighted by Crippen LogP contribution is -2.47. The van der Waals surface area contributed by atoms with E-state index in [9.17, 15) is 14.4 Å². The molecule has 0 saturated carbocycles. The quantitative estimate of drug-likeness (QED) is 0.692. The molecule has 5 rings (SSSR count). The number of carbonyl (C=O) groups excluding carboxylic acids is 3. The first kappa shape index (κ1) is 22.9. The van der Waals surface area contributed by atoms with Gasteiger partial charge in [-0.15, -0.1) is 0 Å². The van der Waals surface area contributed by atoms with Gasteiger partial charge in [-0.3, -0.25) is 14.5 Å². The molecule has 0 aromatic heterocycles. The second-order valence-corrected chi connectivity index (χ2v) is 8.63. The molecule has 3 aliphatic rings. The molecule has 3 heterocycles. The number of amides is 4. The summed E-state index contributed by atoms with van der Waals surface area (Å²) in [5.41, 5.74) is 1.89. The minimum atomic E-state index is -0.629. The molecular formula is C26H28N4O5. The molecule has 2 aromatic rings. The van der Waals surface area contributed by atoms with Crippen molar-refractivity contribution in [2.75, 3.05) is 45.9 Å². The van der Waals surface area contributed by atoms with E-state index in [1.807, 2.05) is 61.5 Å². The molecule has 9 heteroatoms. The first-order chi connectivity index (χ1) is 17.0. The molecule has 1 saturated heterocycles. The van der Waals surface area contributed by atoms with E-state index < -0.39 is 6.04 Å². The largest absolute Gasteiger partial charge is 0.457 e. The topological polar surface area (TPSA) is 91.4 Å². The van der Waals surface area contributed by atoms with Crippen molar-refractivity contribution in [3.63, 3.8) is 0 Å². The molecule has 1 atom stereocenters. The minimum absolute atomic E-state index is 0.0263. The maximum atomic E-state index is 13.5. The van der Waals surface area contributed by atoms with Gasteiger partial charge in [0.25, 0.3) is 5.91 Å². The van der Waals surface area contributed by atoms with E-state index in [-0.39, 0.29) is 30.9 Å². The second-order valence-electron chi connectivity index (χ2n) is 8.63. The minimum Gasteiger partial charge on any atom is -0.457 e. The van der Waals surface area contributed by atoms with Gasteiger partial charge in [-0.05, 0) is 36.8 Å². The molecule has 1 N–H and O–H groups in total. The van der Waals surface area contributed by atoms with Crippen LogP contribution in [0.2, 0.25) is 0 Å². The van der Waals surface area contributed by atoms with E-state index in [1.54, 1.807) is 9.80 Å². The lowest BCUT2D eigenvalue weighted by Gasteiger charge is -2.33. The predicted octanol–water partition coefficient (Wildman–Crippen LogP) is 2.52. The van der Waals surface area contributed by atoms with Crippen LogP contribution >= 0.6 is 0 Å². The number of likely N-dealkylation sites (N-methyl/N-ethyl adjacent to an activating group) is 1. The summed E-state index contributed by atoms with van der Waals surface area (Å²) in [4.78, 5) is 44.2. The van der Waals surface area contributed by atoms with Gasteiger partial charge >= 0.3 is 6.03 Å². The molecule has 0 bridgehead atoms. The number of hydrogen-bond acceptors (Lipinski definition) is 5. The van der Waals surface area contributed by atoms with E-state index in [1.165, 1.54) is 4.90 Å². The van der Waals surface area contributed by atoms with Gasteiger partial charge in [0.2, 0.25) is 5.91 Å². The van der Waals surface area contributed by atoms with E-state index in [0.29, 0.717) is 55.6 Å². The standard InChI is InChI=1S/C26H28N4O5/c1-2-30-21-16-29(17-22(31)28-11-13-34-14-12-28)25(32)23(21)24(27-26(30)33)18-7-6-10-20(15-18)35-19-8-4-3-5-9-19/h3-10,15,24H,2,11-14,16-17H2,1H3,(H,27,33). The number of ether oxygens (including phenoxy) is 2. The first-order valence-corrected chi connectivity index (χ1v) is 11.8. The van der Waals surface area contributed by atoms with Crippen LogP contribution in [0.4, 0.5) is 4.79 Å². The number of nitrogens with one attached hydrogen (secondary N) is 1. The van der Waals surface area contributed by atoms with Gasteiger partial charge < -0.3 is 24.6 Å². The highest BCUT2D eigenvalue weighted by molar-refractivity contribution is 6.03. The van der Waals surface area contributed by atoms with Gasteiger partial charge in [-0.25, -0.2) is 4.79 Å². The summed E-state index contributed by atoms with van der Waals surface area (Å²) in [5, 5.41) is 2.98. The zero-order valence-corrected chi connectivity index (χ0v) is 19.6. The molecule has 0 spiro atoms. The number of nitrogens with zero attached hydrogens (tertiary/aromatic N) is 3. The van der Waals surface area contributed by atoms with Crippen LogP contribution in [0.5, 0.6) is 11.5 Å². The Morgan fingerprint density at radius 3 is 2.54 bits per heavy atom. The number of morpholine rings is 1. The SMILES string of the molecule is CCN1C(=O)NC(c2cccc(Oc3ccccc3)c2)C2=C1CN(CC(=O)N1CCOCC1)C2=O. The van der Waals surface area contributed by atoms with E-state index in [2.05, 4.69) is 5.32 Å². The highest BCUT2D eigenvalue weighted by Crippen LogP contribution is 2.37. The predicted molar refractivity (Wildman–Crippen MR) is 128 cm³/mol. The van der Waals surface area contributed by atoms with Crippen LogP contribution in [0.25, 0.3) is 0 Å². The Bertz CT molecular complexity index is 1160. The van der Waals surface area contributed by atoms with Gasteiger partial charge in [0.15, 0.2) is 0 Å². The van der Waals surface area contributed by atoms with Crippen LogP contribution in [-0.2, 0) is 14.3 Å². The molecule has 0 aliphatic carbocycles. The fourth-order valence-electron chi connectivity index (χ4n) is 4.72. The molecule has 1 fully saturated rings. The number of urea groups is 1. The molecule has 2 aromatic carbocycles. The number of benzene rings is 2. The molecular weight excluding hydrogens is 448 g/mol. The van der Waals surface area contributed by atoms with E-state index >= 15 is 0 Å². The van der Waals surface area contributed by atoms with Gasteiger partial charge in [-0.1, -0.05) is 30.3 Å². The summed E-state index contributed by atoms with van der Waals surface area (Å²) < 4.78 is 11.3. The summed E-state index contributed by atoms with van der Waals surface area (Å²) in [6, 6.07) is 15.9. The van der Waals surface area contributed by atoms with Gasteiger partial charge in [-0.2, -0.15) is 0 Å². The number of hydrogen-bond donors (Lipinski definition) is 1. The number of rotatable bonds is 6. The Morgan fingerprint density at radius 2 is 1.80 bits per heavy atom. The summed E-state index contributed by atoms with van der Waals surface area (Å²) in [6.45, 7) is 4.53. The van der Waals surface area contributed by atoms with Crippen molar-refractivity contribution in [3.05, 3.63) is 71.4 Å². The van der Waals surface area contributed by atoms with Crippen molar-refractivity contribution in [1.82, 2.24) is 20.0 Å². The van der Waals surface area contributed by atoms with Crippen molar-refractivity contribution in [2.45, 2.75) is 13.0 Å². The zero-order chi connectivity index (χ0) is 24.4. The van der Waals surface area contributed by atoms with Gasteiger partial charge in [0.1, 0.15) is 18.0 Å². The summed E-state index contributed by atoms with van der Waals surface area (Å²) >= 11 is 0. The maximum absolute atomic E-state index is 13.5. The zero-order valence-electron chi connectivity index (χ0n) is 19.6. The van der Waals surface area contributed by atoms with Gasteiger partial charge in [0.05, 0.1) is 37.1 Å². The Labute approximate surface area is 203 Å². The van der Waals surface area contributed by atoms with Crippen molar-refractivity contribution in [1.29, 1.82) is 0 Å². The molecule has 35 heavy (non-hydrogen) atoms. The second kappa shape index (κ2) is 9.79. The smallest absolute Gasteiger partial charge is 0.322 e. The monoisotopic (exact) mass is 476 g/mol. The number of carbonyl (C=O) groups is 3. The highest BCUT2D eigenvalue weighted by Gasteiger charge is 2.44. The molecule has 3 aliphatic heterocycles. The third kappa shape index (κ3) is 4.59. The fourth-order valence-corrected chi connectivity index (χ4v) is 4.72. The van der Waals surface area contributed by atoms with E-state index in [0.717, 1.165) is 5.56 Å². The van der Waals surface area contributed by atoms with Crippen molar-refractivity contribution in [3.8, 4) is 11.5 Å². The van der Waals surface area contributed by atoms with Crippen LogP contribution in [0, 0.1) is 0 Å². The van der Waals surface area contributed by atoms with Crippen molar-refractivity contribution >= 4 is 17.8 Å². The summed E-state index contributed by atoms with van der Waals surface area (Å²) in [6.07, 6.45) is 0. The van der Waals surface area contributed by atoms with Crippen LogP contribution < -0.4 is 10.1 Å². The molecule has 0 radical (unpaired) electrons. The molecule has 1 unspecified atom stereocenters. The Hall–Kier alpha value is -3.85. The van der Waals surface area contributed by atoms with Crippen molar-refractivity contribution < 1.29 is 23.9 Å². The van der Waals surface area contributed by atoms with Crippen LogP contribution in [-0.4, -0.2) is 78.5 Å².